The maximum atomic E-state index is 12.2. The molecular weight excluding hydrogens is 326 g/mol. The molecule has 0 spiro atoms. The van der Waals surface area contributed by atoms with Crippen LogP contribution < -0.4 is 23.6 Å². The molecule has 0 radical (unpaired) electrons. The predicted molar refractivity (Wildman–Crippen MR) is 66.7 cm³/mol. The van der Waals surface area contributed by atoms with Gasteiger partial charge in [-0.3, -0.25) is 4.79 Å². The number of aryl methyl sites for hydroxylation is 1. The third-order valence-corrected chi connectivity index (χ3v) is 3.67. The van der Waals surface area contributed by atoms with Crippen molar-refractivity contribution in [1.82, 2.24) is 0 Å². The zero-order chi connectivity index (χ0) is 16.6. The number of nitrogens with one attached hydrogen (secondary N) is 1. The molecule has 120 valence electrons. The Morgan fingerprint density at radius 1 is 1.04 bits per heavy atom. The average Bonchev–Trinajstić information content (AvgIpc) is 2.84. The molecule has 8 heteroatoms. The van der Waals surface area contributed by atoms with E-state index in [2.05, 4.69) is 11.1 Å². The minimum Gasteiger partial charge on any atom is -0.462 e. The molecule has 1 aromatic rings. The zero-order valence-electron chi connectivity index (χ0n) is 11.8. The fraction of sp³-hybridized carbons (Fsp3) is 0.200. The summed E-state index contributed by atoms with van der Waals surface area (Å²) in [5.74, 6) is 1.04. The Morgan fingerprint density at radius 3 is 2.48 bits per heavy atom. The fourth-order valence-corrected chi connectivity index (χ4v) is 2.86. The Balaban J connectivity index is 0.000000276. The maximum absolute atomic E-state index is 12.2. The van der Waals surface area contributed by atoms with Crippen molar-refractivity contribution in [2.24, 2.45) is 0 Å². The monoisotopic (exact) mass is 337 g/mol. The van der Waals surface area contributed by atoms with Crippen LogP contribution >= 0.6 is 0 Å². The smallest absolute Gasteiger partial charge is 0.248 e. The van der Waals surface area contributed by atoms with Crippen LogP contribution in [-0.2, 0) is 6.42 Å². The van der Waals surface area contributed by atoms with E-state index in [1.165, 1.54) is 0 Å². The molecule has 0 bridgehead atoms. The highest BCUT2D eigenvalue weighted by Crippen LogP contribution is 2.36. The van der Waals surface area contributed by atoms with Crippen molar-refractivity contribution in [1.29, 1.82) is 0 Å². The van der Waals surface area contributed by atoms with E-state index in [0.29, 0.717) is 6.42 Å². The quantitative estimate of drug-likeness (QED) is 0.470. The molecule has 0 atom stereocenters. The van der Waals surface area contributed by atoms with Crippen LogP contribution in [0.4, 0.5) is 0 Å². The van der Waals surface area contributed by atoms with Gasteiger partial charge < -0.3 is 4.42 Å². The van der Waals surface area contributed by atoms with Gasteiger partial charge in [0.25, 0.3) is 0 Å². The van der Waals surface area contributed by atoms with E-state index in [1.54, 1.807) is 6.26 Å². The number of H-pyrrole nitrogens is 1. The predicted octanol–water partition coefficient (Wildman–Crippen LogP) is -1.89. The summed E-state index contributed by atoms with van der Waals surface area (Å²) < 4.78 is 39.6. The first-order chi connectivity index (χ1) is 10.8. The summed E-state index contributed by atoms with van der Waals surface area (Å²) in [4.78, 5) is 15.5. The minimum absolute atomic E-state index is 0.204. The van der Waals surface area contributed by atoms with Crippen molar-refractivity contribution in [2.45, 2.75) is 19.3 Å². The second-order valence-corrected chi connectivity index (χ2v) is 5.90. The van der Waals surface area contributed by atoms with E-state index in [4.69, 9.17) is 23.1 Å². The molecule has 2 aliphatic heterocycles. The summed E-state index contributed by atoms with van der Waals surface area (Å²) >= 11 is 0. The van der Waals surface area contributed by atoms with Crippen molar-refractivity contribution in [2.75, 3.05) is 0 Å². The number of benzene rings is 1. The lowest BCUT2D eigenvalue weighted by Gasteiger charge is -2.17. The summed E-state index contributed by atoms with van der Waals surface area (Å²) in [6.07, 6.45) is 4.10. The van der Waals surface area contributed by atoms with Crippen molar-refractivity contribution < 1.29 is 43.1 Å². The lowest BCUT2D eigenvalue weighted by molar-refractivity contribution is -2.00. The maximum Gasteiger partial charge on any atom is 0.248 e. The van der Waals surface area contributed by atoms with Crippen LogP contribution in [0.25, 0.3) is 22.2 Å². The molecule has 23 heavy (non-hydrogen) atoms. The average molecular weight is 338 g/mol. The lowest BCUT2D eigenvalue weighted by Crippen LogP contribution is -2.68. The Morgan fingerprint density at radius 2 is 1.74 bits per heavy atom. The summed E-state index contributed by atoms with van der Waals surface area (Å²) in [5, 5.41) is 1.11. The van der Waals surface area contributed by atoms with Gasteiger partial charge in [-0.15, -0.1) is 10.2 Å². The van der Waals surface area contributed by atoms with E-state index in [-0.39, 0.29) is 5.78 Å². The van der Waals surface area contributed by atoms with Crippen LogP contribution in [0.3, 0.4) is 0 Å². The number of Topliss-reactive ketones (excluding diaryl/α,β-unsaturated/α-hetero) is 1. The Labute approximate surface area is 132 Å². The third kappa shape index (κ3) is 3.34. The number of halogens is 1. The number of ketones is 1. The standard InChI is InChI=1S/C15H11NO2.ClHO4/c17-12-6-3-7-13-15(12)14-9-4-1-2-5-10(9)16-11(14)8-18-13;2-1(3,4)5/h1-2,4-5,8H,3,6-7H2;(H,2,3,4,5). The molecule has 1 N–H and O–H groups in total. The second-order valence-electron chi connectivity index (χ2n) is 5.15. The van der Waals surface area contributed by atoms with Crippen molar-refractivity contribution in [3.63, 3.8) is 0 Å². The summed E-state index contributed by atoms with van der Waals surface area (Å²) in [6, 6.07) is 8.06. The first kappa shape index (κ1) is 15.9. The first-order valence-corrected chi connectivity index (χ1v) is 8.07. The van der Waals surface area contributed by atoms with E-state index >= 15 is 0 Å². The fourth-order valence-electron chi connectivity index (χ4n) is 2.86. The molecule has 0 aromatic heterocycles. The molecule has 0 saturated carbocycles. The number of carbonyl (C=O) groups excluding carboxylic acids is 1. The number of hydrogen-bond donors (Lipinski definition) is 0. The third-order valence-electron chi connectivity index (χ3n) is 3.67. The van der Waals surface area contributed by atoms with Gasteiger partial charge in [0, 0.05) is 18.9 Å². The van der Waals surface area contributed by atoms with Gasteiger partial charge in [0.1, 0.15) is 5.76 Å². The SMILES string of the molecule is O=C1CCCc2occ3[nH+]c4ccccc4c-3c21.[O-][Cl+3]([O-])([O-])[O-]. The summed E-state index contributed by atoms with van der Waals surface area (Å²) in [5.41, 5.74) is 3.77. The molecule has 7 nitrogen and oxygen atoms in total. The molecule has 4 rings (SSSR count). The van der Waals surface area contributed by atoms with Crippen LogP contribution in [0, 0.1) is 10.2 Å². The normalized spacial score (nSPS) is 14.5. The van der Waals surface area contributed by atoms with Crippen LogP contribution in [0.2, 0.25) is 0 Å². The second kappa shape index (κ2) is 5.88. The number of rotatable bonds is 0. The number of aromatic amines is 1. The lowest BCUT2D eigenvalue weighted by atomic mass is 9.90. The number of carbonyl (C=O) groups is 1. The molecule has 0 amide bonds. The van der Waals surface area contributed by atoms with Crippen LogP contribution in [0.1, 0.15) is 29.0 Å². The van der Waals surface area contributed by atoms with Gasteiger partial charge in [-0.1, -0.05) is 12.1 Å². The number of aromatic nitrogens is 1. The summed E-state index contributed by atoms with van der Waals surface area (Å²) in [6.45, 7) is 0. The first-order valence-electron chi connectivity index (χ1n) is 6.83. The van der Waals surface area contributed by atoms with Gasteiger partial charge >= 0.3 is 0 Å². The summed E-state index contributed by atoms with van der Waals surface area (Å²) in [7, 11) is -4.94. The highest BCUT2D eigenvalue weighted by atomic mass is 35.7. The van der Waals surface area contributed by atoms with E-state index in [0.717, 1.165) is 46.3 Å². The van der Waals surface area contributed by atoms with Gasteiger partial charge in [-0.05, 0) is 12.5 Å². The van der Waals surface area contributed by atoms with Crippen LogP contribution in [-0.4, -0.2) is 5.78 Å². The Bertz CT molecular complexity index is 832. The molecule has 2 heterocycles. The largest absolute Gasteiger partial charge is 0.462 e. The van der Waals surface area contributed by atoms with Crippen molar-refractivity contribution >= 4 is 16.7 Å². The van der Waals surface area contributed by atoms with Crippen LogP contribution in [0.15, 0.2) is 34.9 Å². The van der Waals surface area contributed by atoms with E-state index < -0.39 is 10.2 Å². The highest BCUT2D eigenvalue weighted by Gasteiger charge is 2.31. The minimum atomic E-state index is -4.94. The van der Waals surface area contributed by atoms with Gasteiger partial charge in [0.2, 0.25) is 11.2 Å². The Hall–Kier alpha value is -2.03. The van der Waals surface area contributed by atoms with Gasteiger partial charge in [0.05, 0.1) is 16.5 Å². The van der Waals surface area contributed by atoms with Gasteiger partial charge in [-0.2, -0.15) is 0 Å². The molecule has 0 unspecified atom stereocenters. The molecule has 0 saturated heterocycles. The molecule has 1 aromatic carbocycles. The molecular formula is C15H12ClNO6. The van der Waals surface area contributed by atoms with E-state index in [9.17, 15) is 4.79 Å². The highest BCUT2D eigenvalue weighted by molar-refractivity contribution is 6.09. The number of fused-ring (bicyclic) bond motifs is 5. The van der Waals surface area contributed by atoms with Crippen LogP contribution in [0.5, 0.6) is 0 Å². The van der Waals surface area contributed by atoms with E-state index in [1.807, 2.05) is 18.2 Å². The number of hydrogen-bond acceptors (Lipinski definition) is 6. The molecule has 3 aliphatic rings. The van der Waals surface area contributed by atoms with Gasteiger partial charge in [0.15, 0.2) is 12.0 Å². The Kier molecular flexibility index (Phi) is 4.05. The van der Waals surface area contributed by atoms with Crippen molar-refractivity contribution in [3.05, 3.63) is 41.9 Å². The molecule has 0 fully saturated rings. The topological polar surface area (TPSA) is 137 Å². The molecule has 1 aliphatic carbocycles. The van der Waals surface area contributed by atoms with Crippen molar-refractivity contribution in [3.8, 4) is 11.3 Å². The van der Waals surface area contributed by atoms with Gasteiger partial charge in [-0.25, -0.2) is 23.6 Å². The number of para-hydroxylation sites is 1. The zero-order valence-corrected chi connectivity index (χ0v) is 12.6.